The number of carbonyl (C=O) groups is 2. The number of nitrogens with zero attached hydrogens (tertiary/aromatic N) is 1. The fourth-order valence-corrected chi connectivity index (χ4v) is 4.54. The van der Waals surface area contributed by atoms with Gasteiger partial charge in [-0.2, -0.15) is 0 Å². The lowest BCUT2D eigenvalue weighted by atomic mass is 9.99. The Hall–Kier alpha value is -3.90. The molecule has 0 saturated carbocycles. The van der Waals surface area contributed by atoms with E-state index >= 15 is 0 Å². The highest BCUT2D eigenvalue weighted by molar-refractivity contribution is 6.32. The molecule has 0 bridgehead atoms. The summed E-state index contributed by atoms with van der Waals surface area (Å²) in [5.41, 5.74) is 11.5. The lowest BCUT2D eigenvalue weighted by Gasteiger charge is -2.14. The summed E-state index contributed by atoms with van der Waals surface area (Å²) in [4.78, 5) is 27.9. The van der Waals surface area contributed by atoms with Crippen LogP contribution >= 0.6 is 0 Å². The van der Waals surface area contributed by atoms with Crippen molar-refractivity contribution in [3.8, 4) is 0 Å². The van der Waals surface area contributed by atoms with Crippen molar-refractivity contribution in [2.75, 3.05) is 36.0 Å². The molecule has 1 saturated heterocycles. The van der Waals surface area contributed by atoms with E-state index in [0.29, 0.717) is 28.1 Å². The number of likely N-dealkylation sites (tertiary alicyclic amines) is 1. The molecule has 0 radical (unpaired) electrons. The van der Waals surface area contributed by atoms with E-state index in [1.807, 2.05) is 18.2 Å². The highest BCUT2D eigenvalue weighted by Crippen LogP contribution is 2.33. The fourth-order valence-electron chi connectivity index (χ4n) is 4.54. The Kier molecular flexibility index (Phi) is 6.14. The second-order valence-electron chi connectivity index (χ2n) is 8.87. The van der Waals surface area contributed by atoms with Gasteiger partial charge in [-0.25, -0.2) is 0 Å². The third kappa shape index (κ3) is 4.72. The molecule has 34 heavy (non-hydrogen) atoms. The number of ketones is 1. The van der Waals surface area contributed by atoms with Crippen LogP contribution in [0.5, 0.6) is 0 Å². The number of nitrogens with one attached hydrogen (secondary N) is 2. The number of nitrogen functional groups attached to an aromatic ring is 1. The molecule has 2 aliphatic heterocycles. The monoisotopic (exact) mass is 452 g/mol. The van der Waals surface area contributed by atoms with E-state index < -0.39 is 0 Å². The van der Waals surface area contributed by atoms with Crippen molar-refractivity contribution < 1.29 is 9.59 Å². The normalized spacial score (nSPS) is 16.5. The number of hydrogen-bond acceptors (Lipinski definition) is 5. The van der Waals surface area contributed by atoms with Crippen LogP contribution in [0.3, 0.4) is 0 Å². The Morgan fingerprint density at radius 2 is 1.76 bits per heavy atom. The van der Waals surface area contributed by atoms with Gasteiger partial charge >= 0.3 is 0 Å². The van der Waals surface area contributed by atoms with E-state index in [9.17, 15) is 9.59 Å². The van der Waals surface area contributed by atoms with Gasteiger partial charge in [0.1, 0.15) is 0 Å². The van der Waals surface area contributed by atoms with E-state index in [4.69, 9.17) is 5.73 Å². The van der Waals surface area contributed by atoms with Gasteiger partial charge < -0.3 is 21.3 Å². The number of rotatable bonds is 7. The van der Waals surface area contributed by atoms with E-state index in [1.54, 1.807) is 42.6 Å². The summed E-state index contributed by atoms with van der Waals surface area (Å²) in [7, 11) is 0. The first kappa shape index (κ1) is 21.9. The minimum atomic E-state index is -0.196. The molecule has 2 heterocycles. The Morgan fingerprint density at radius 1 is 1.00 bits per heavy atom. The number of nitrogens with two attached hydrogens (primary N) is 1. The fraction of sp³-hybridized carbons (Fsp3) is 0.214. The van der Waals surface area contributed by atoms with Gasteiger partial charge in [0.05, 0.1) is 5.57 Å². The summed E-state index contributed by atoms with van der Waals surface area (Å²) in [5, 5.41) is 6.10. The van der Waals surface area contributed by atoms with Crippen LogP contribution in [0.2, 0.25) is 0 Å². The second-order valence-corrected chi connectivity index (χ2v) is 8.87. The van der Waals surface area contributed by atoms with Crippen molar-refractivity contribution >= 4 is 34.3 Å². The standard InChI is InChI=1S/C28H28N4O2/c29-22-5-3-4-20(16-22)27(33)21-8-11-24-25(28(34)31-26(24)17-21)18-30-23-9-6-19(7-10-23)12-15-32-13-1-2-14-32/h3-11,16-18,30H,1-2,12-15,29H2,(H,31,34). The molecule has 6 nitrogen and oxygen atoms in total. The summed E-state index contributed by atoms with van der Waals surface area (Å²) >= 11 is 0. The molecule has 3 aromatic carbocycles. The van der Waals surface area contributed by atoms with Crippen LogP contribution in [0.15, 0.2) is 72.9 Å². The Labute approximate surface area is 199 Å². The highest BCUT2D eigenvalue weighted by atomic mass is 16.2. The van der Waals surface area contributed by atoms with Crippen LogP contribution in [0.25, 0.3) is 5.57 Å². The lowest BCUT2D eigenvalue weighted by Crippen LogP contribution is -2.21. The van der Waals surface area contributed by atoms with Crippen LogP contribution in [0.1, 0.15) is 39.9 Å². The van der Waals surface area contributed by atoms with Crippen LogP contribution in [0, 0.1) is 0 Å². The largest absolute Gasteiger partial charge is 0.399 e. The number of anilines is 3. The predicted molar refractivity (Wildman–Crippen MR) is 137 cm³/mol. The maximum absolute atomic E-state index is 12.8. The first-order valence-electron chi connectivity index (χ1n) is 11.7. The van der Waals surface area contributed by atoms with E-state index in [-0.39, 0.29) is 11.7 Å². The van der Waals surface area contributed by atoms with Crippen molar-refractivity contribution in [3.05, 3.63) is 95.2 Å². The number of hydrogen-bond donors (Lipinski definition) is 3. The smallest absolute Gasteiger partial charge is 0.257 e. The van der Waals surface area contributed by atoms with Crippen molar-refractivity contribution in [1.82, 2.24) is 4.90 Å². The average Bonchev–Trinajstić information content (AvgIpc) is 3.48. The van der Waals surface area contributed by atoms with E-state index in [0.717, 1.165) is 24.2 Å². The van der Waals surface area contributed by atoms with Crippen LogP contribution in [0.4, 0.5) is 17.1 Å². The molecule has 1 amide bonds. The second kappa shape index (κ2) is 9.53. The van der Waals surface area contributed by atoms with Gasteiger partial charge in [-0.3, -0.25) is 9.59 Å². The zero-order valence-electron chi connectivity index (χ0n) is 19.0. The highest BCUT2D eigenvalue weighted by Gasteiger charge is 2.25. The van der Waals surface area contributed by atoms with Gasteiger partial charge in [-0.15, -0.1) is 0 Å². The van der Waals surface area contributed by atoms with Crippen molar-refractivity contribution in [2.24, 2.45) is 0 Å². The van der Waals surface area contributed by atoms with Gasteiger partial charge in [-0.05, 0) is 68.2 Å². The molecule has 1 fully saturated rings. The average molecular weight is 453 g/mol. The zero-order chi connectivity index (χ0) is 23.5. The SMILES string of the molecule is Nc1cccc(C(=O)c2ccc3c(c2)NC(=O)C3=CNc2ccc(CCN3CCCC3)cc2)c1. The molecule has 0 aliphatic carbocycles. The molecule has 0 unspecified atom stereocenters. The van der Waals surface area contributed by atoms with Crippen LogP contribution in [-0.2, 0) is 11.2 Å². The molecule has 6 heteroatoms. The maximum atomic E-state index is 12.8. The van der Waals surface area contributed by atoms with Gasteiger partial charge in [0, 0.05) is 46.5 Å². The van der Waals surface area contributed by atoms with Gasteiger partial charge in [0.15, 0.2) is 5.78 Å². The van der Waals surface area contributed by atoms with Crippen LogP contribution in [-0.4, -0.2) is 36.2 Å². The third-order valence-corrected chi connectivity index (χ3v) is 6.47. The van der Waals surface area contributed by atoms with E-state index in [1.165, 1.54) is 31.5 Å². The number of amides is 1. The number of carbonyl (C=O) groups excluding carboxylic acids is 2. The van der Waals surface area contributed by atoms with Gasteiger partial charge in [-0.1, -0.05) is 36.4 Å². The quantitative estimate of drug-likeness (QED) is 0.278. The summed E-state index contributed by atoms with van der Waals surface area (Å²) in [6.45, 7) is 3.54. The maximum Gasteiger partial charge on any atom is 0.257 e. The molecule has 4 N–H and O–H groups in total. The summed E-state index contributed by atoms with van der Waals surface area (Å²) in [6, 6.07) is 20.5. The van der Waals surface area contributed by atoms with Crippen LogP contribution < -0.4 is 16.4 Å². The number of fused-ring (bicyclic) bond motifs is 1. The van der Waals surface area contributed by atoms with Crippen molar-refractivity contribution in [3.63, 3.8) is 0 Å². The van der Waals surface area contributed by atoms with E-state index in [2.05, 4.69) is 27.7 Å². The molecule has 0 aromatic heterocycles. The predicted octanol–water partition coefficient (Wildman–Crippen LogP) is 4.54. The molecule has 172 valence electrons. The summed E-state index contributed by atoms with van der Waals surface area (Å²) in [5.74, 6) is -0.331. The minimum absolute atomic E-state index is 0.135. The van der Waals surface area contributed by atoms with Gasteiger partial charge in [0.2, 0.25) is 0 Å². The molecule has 0 spiro atoms. The molecule has 0 atom stereocenters. The minimum Gasteiger partial charge on any atom is -0.399 e. The van der Waals surface area contributed by atoms with Gasteiger partial charge in [0.25, 0.3) is 5.91 Å². The zero-order valence-corrected chi connectivity index (χ0v) is 19.0. The molecule has 5 rings (SSSR count). The summed E-state index contributed by atoms with van der Waals surface area (Å²) in [6.07, 6.45) is 5.40. The third-order valence-electron chi connectivity index (χ3n) is 6.47. The summed E-state index contributed by atoms with van der Waals surface area (Å²) < 4.78 is 0. The Balaban J connectivity index is 1.27. The first-order chi connectivity index (χ1) is 16.6. The Bertz CT molecular complexity index is 1260. The first-order valence-corrected chi connectivity index (χ1v) is 11.7. The van der Waals surface area contributed by atoms with Crippen molar-refractivity contribution in [1.29, 1.82) is 0 Å². The number of benzene rings is 3. The Morgan fingerprint density at radius 3 is 2.53 bits per heavy atom. The molecular formula is C28H28N4O2. The molecular weight excluding hydrogens is 424 g/mol. The topological polar surface area (TPSA) is 87.5 Å². The van der Waals surface area contributed by atoms with Crippen molar-refractivity contribution in [2.45, 2.75) is 19.3 Å². The molecule has 2 aliphatic rings. The lowest BCUT2D eigenvalue weighted by molar-refractivity contribution is -0.110. The molecule has 3 aromatic rings.